The quantitative estimate of drug-likeness (QED) is 0.647. The molecule has 0 heteroatoms. The molecule has 2 aromatic rings. The van der Waals surface area contributed by atoms with Gasteiger partial charge in [0.05, 0.1) is 0 Å². The van der Waals surface area contributed by atoms with Crippen molar-refractivity contribution in [2.24, 2.45) is 0 Å². The molecule has 0 radical (unpaired) electrons. The highest BCUT2D eigenvalue weighted by atomic mass is 14.1. The third-order valence-electron chi connectivity index (χ3n) is 2.87. The van der Waals surface area contributed by atoms with E-state index in [-0.39, 0.29) is 0 Å². The lowest BCUT2D eigenvalue weighted by molar-refractivity contribution is 1.09. The predicted molar refractivity (Wildman–Crippen MR) is 67.2 cm³/mol. The molecule has 0 amide bonds. The summed E-state index contributed by atoms with van der Waals surface area (Å²) in [6.07, 6.45) is 4.04. The number of hydrogen-bond acceptors (Lipinski definition) is 0. The molecule has 0 atom stereocenters. The second kappa shape index (κ2) is 4.31. The topological polar surface area (TPSA) is 0 Å². The average Bonchev–Trinajstić information content (AvgIpc) is 2.30. The van der Waals surface area contributed by atoms with Gasteiger partial charge in [0.25, 0.3) is 0 Å². The highest BCUT2D eigenvalue weighted by Gasteiger charge is 2.03. The van der Waals surface area contributed by atoms with Crippen molar-refractivity contribution >= 4 is 10.8 Å². The number of hydrogen-bond donors (Lipinski definition) is 0. The molecular formula is C15H16. The fraction of sp³-hybridized carbons (Fsp3) is 0.200. The summed E-state index contributed by atoms with van der Waals surface area (Å²) in [4.78, 5) is 0. The molecule has 76 valence electrons. The summed E-state index contributed by atoms with van der Waals surface area (Å²) >= 11 is 0. The number of benzene rings is 2. The largest absolute Gasteiger partial charge is 0.103 e. The molecule has 0 bridgehead atoms. The highest BCUT2D eigenvalue weighted by molar-refractivity contribution is 5.87. The minimum atomic E-state index is 0.963. The number of aryl methyl sites for hydroxylation is 1. The van der Waals surface area contributed by atoms with Crippen molar-refractivity contribution in [3.63, 3.8) is 0 Å². The van der Waals surface area contributed by atoms with Gasteiger partial charge < -0.3 is 0 Å². The van der Waals surface area contributed by atoms with E-state index < -0.39 is 0 Å². The first kappa shape index (κ1) is 9.97. The van der Waals surface area contributed by atoms with E-state index in [0.29, 0.717) is 0 Å². The average molecular weight is 196 g/mol. The van der Waals surface area contributed by atoms with Gasteiger partial charge in [-0.2, -0.15) is 0 Å². The Morgan fingerprint density at radius 1 is 1.13 bits per heavy atom. The smallest absolute Gasteiger partial charge is 0.00912 e. The first-order valence-electron chi connectivity index (χ1n) is 5.47. The Balaban J connectivity index is 2.72. The van der Waals surface area contributed by atoms with E-state index >= 15 is 0 Å². The van der Waals surface area contributed by atoms with Crippen LogP contribution in [0.1, 0.15) is 18.1 Å². The predicted octanol–water partition coefficient (Wildman–Crippen LogP) is 4.13. The minimum Gasteiger partial charge on any atom is -0.103 e. The second-order valence-corrected chi connectivity index (χ2v) is 3.77. The summed E-state index contributed by atoms with van der Waals surface area (Å²) in [6.45, 7) is 6.04. The van der Waals surface area contributed by atoms with Crippen molar-refractivity contribution in [2.75, 3.05) is 0 Å². The molecule has 0 spiro atoms. The second-order valence-electron chi connectivity index (χ2n) is 3.77. The van der Waals surface area contributed by atoms with Gasteiger partial charge >= 0.3 is 0 Å². The van der Waals surface area contributed by atoms with Crippen molar-refractivity contribution < 1.29 is 0 Å². The van der Waals surface area contributed by atoms with E-state index in [2.05, 4.69) is 49.9 Å². The van der Waals surface area contributed by atoms with Crippen LogP contribution in [0.2, 0.25) is 0 Å². The van der Waals surface area contributed by atoms with E-state index in [0.717, 1.165) is 12.8 Å². The van der Waals surface area contributed by atoms with Crippen molar-refractivity contribution in [1.29, 1.82) is 0 Å². The molecule has 0 aliphatic rings. The summed E-state index contributed by atoms with van der Waals surface area (Å²) in [7, 11) is 0. The van der Waals surface area contributed by atoms with Crippen LogP contribution in [0.4, 0.5) is 0 Å². The lowest BCUT2D eigenvalue weighted by Crippen LogP contribution is -1.92. The molecule has 0 N–H and O–H groups in total. The zero-order valence-electron chi connectivity index (χ0n) is 9.16. The number of fused-ring (bicyclic) bond motifs is 1. The van der Waals surface area contributed by atoms with Gasteiger partial charge in [0.15, 0.2) is 0 Å². The van der Waals surface area contributed by atoms with Gasteiger partial charge in [-0.15, -0.1) is 6.58 Å². The zero-order chi connectivity index (χ0) is 10.7. The summed E-state index contributed by atoms with van der Waals surface area (Å²) in [5, 5.41) is 2.70. The minimum absolute atomic E-state index is 0.963. The van der Waals surface area contributed by atoms with Gasteiger partial charge in [-0.05, 0) is 34.7 Å². The fourth-order valence-corrected chi connectivity index (χ4v) is 2.10. The Morgan fingerprint density at radius 3 is 2.67 bits per heavy atom. The van der Waals surface area contributed by atoms with Crippen LogP contribution in [0.15, 0.2) is 49.1 Å². The van der Waals surface area contributed by atoms with E-state index in [9.17, 15) is 0 Å². The van der Waals surface area contributed by atoms with E-state index in [1.54, 1.807) is 0 Å². The van der Waals surface area contributed by atoms with Gasteiger partial charge in [-0.25, -0.2) is 0 Å². The number of allylic oxidation sites excluding steroid dienone is 1. The normalized spacial score (nSPS) is 10.5. The van der Waals surface area contributed by atoms with Crippen molar-refractivity contribution in [3.05, 3.63) is 60.2 Å². The Kier molecular flexibility index (Phi) is 2.86. The first-order chi connectivity index (χ1) is 7.36. The molecule has 2 rings (SSSR count). The molecule has 0 saturated heterocycles. The van der Waals surface area contributed by atoms with Crippen LogP contribution in [0.25, 0.3) is 10.8 Å². The monoisotopic (exact) mass is 196 g/mol. The lowest BCUT2D eigenvalue weighted by Gasteiger charge is -2.09. The maximum Gasteiger partial charge on any atom is -0.00912 e. The lowest BCUT2D eigenvalue weighted by atomic mass is 9.95. The Morgan fingerprint density at radius 2 is 1.93 bits per heavy atom. The maximum atomic E-state index is 3.84. The standard InChI is InChI=1S/C15H16/c1-3-7-14-12(4-2)10-11-13-8-5-6-9-15(13)14/h3,5-6,8-11H,1,4,7H2,2H3. The van der Waals surface area contributed by atoms with E-state index in [4.69, 9.17) is 0 Å². The van der Waals surface area contributed by atoms with Crippen molar-refractivity contribution in [1.82, 2.24) is 0 Å². The fourth-order valence-electron chi connectivity index (χ4n) is 2.10. The molecule has 0 aliphatic carbocycles. The first-order valence-corrected chi connectivity index (χ1v) is 5.47. The molecule has 0 aliphatic heterocycles. The molecule has 0 saturated carbocycles. The summed E-state index contributed by atoms with van der Waals surface area (Å²) in [5.74, 6) is 0. The third kappa shape index (κ3) is 1.80. The SMILES string of the molecule is C=CCc1c(CC)ccc2ccccc12. The molecular weight excluding hydrogens is 180 g/mol. The molecule has 0 unspecified atom stereocenters. The van der Waals surface area contributed by atoms with Crippen LogP contribution in [0, 0.1) is 0 Å². The van der Waals surface area contributed by atoms with Crippen LogP contribution in [-0.2, 0) is 12.8 Å². The van der Waals surface area contributed by atoms with Crippen LogP contribution in [0.3, 0.4) is 0 Å². The Bertz CT molecular complexity index is 480. The molecule has 15 heavy (non-hydrogen) atoms. The van der Waals surface area contributed by atoms with Gasteiger partial charge in [0.2, 0.25) is 0 Å². The van der Waals surface area contributed by atoms with E-state index in [1.807, 2.05) is 6.08 Å². The molecule has 0 aromatic heterocycles. The molecule has 0 fully saturated rings. The van der Waals surface area contributed by atoms with Crippen LogP contribution >= 0.6 is 0 Å². The zero-order valence-corrected chi connectivity index (χ0v) is 9.16. The van der Waals surface area contributed by atoms with Crippen LogP contribution in [-0.4, -0.2) is 0 Å². The summed E-state index contributed by atoms with van der Waals surface area (Å²) in [6, 6.07) is 13.0. The number of rotatable bonds is 3. The van der Waals surface area contributed by atoms with E-state index in [1.165, 1.54) is 21.9 Å². The Hall–Kier alpha value is -1.56. The van der Waals surface area contributed by atoms with Gasteiger partial charge in [0, 0.05) is 0 Å². The summed E-state index contributed by atoms with van der Waals surface area (Å²) in [5.41, 5.74) is 2.87. The van der Waals surface area contributed by atoms with Crippen molar-refractivity contribution in [2.45, 2.75) is 19.8 Å². The Labute approximate surface area is 91.2 Å². The molecule has 0 nitrogen and oxygen atoms in total. The van der Waals surface area contributed by atoms with Gasteiger partial charge in [-0.1, -0.05) is 49.4 Å². The molecule has 0 heterocycles. The third-order valence-corrected chi connectivity index (χ3v) is 2.87. The van der Waals surface area contributed by atoms with Gasteiger partial charge in [-0.3, -0.25) is 0 Å². The molecule has 2 aromatic carbocycles. The van der Waals surface area contributed by atoms with Crippen molar-refractivity contribution in [3.8, 4) is 0 Å². The maximum absolute atomic E-state index is 3.84. The van der Waals surface area contributed by atoms with Crippen LogP contribution < -0.4 is 0 Å². The highest BCUT2D eigenvalue weighted by Crippen LogP contribution is 2.23. The summed E-state index contributed by atoms with van der Waals surface area (Å²) < 4.78 is 0. The van der Waals surface area contributed by atoms with Crippen LogP contribution in [0.5, 0.6) is 0 Å². The van der Waals surface area contributed by atoms with Gasteiger partial charge in [0.1, 0.15) is 0 Å².